The van der Waals surface area contributed by atoms with Crippen molar-refractivity contribution in [3.8, 4) is 28.7 Å². The van der Waals surface area contributed by atoms with E-state index in [4.69, 9.17) is 23.7 Å². The van der Waals surface area contributed by atoms with Crippen LogP contribution in [0.3, 0.4) is 0 Å². The summed E-state index contributed by atoms with van der Waals surface area (Å²) < 4.78 is 29.0. The molecule has 3 aliphatic heterocycles. The van der Waals surface area contributed by atoms with E-state index in [1.807, 2.05) is 32.1 Å². The van der Waals surface area contributed by atoms with E-state index in [0.717, 1.165) is 11.1 Å². The first-order valence-corrected chi connectivity index (χ1v) is 9.56. The van der Waals surface area contributed by atoms with Crippen molar-refractivity contribution in [3.63, 3.8) is 0 Å². The molecule has 0 fully saturated rings. The van der Waals surface area contributed by atoms with Gasteiger partial charge in [0.2, 0.25) is 0 Å². The first-order valence-electron chi connectivity index (χ1n) is 9.56. The predicted octanol–water partition coefficient (Wildman–Crippen LogP) is 4.01. The van der Waals surface area contributed by atoms with Crippen molar-refractivity contribution >= 4 is 11.9 Å². The highest BCUT2D eigenvalue weighted by atomic mass is 16.5. The second-order valence-corrected chi connectivity index (χ2v) is 7.95. The zero-order valence-electron chi connectivity index (χ0n) is 16.8. The maximum atomic E-state index is 13.5. The Hall–Kier alpha value is -3.15. The lowest BCUT2D eigenvalue weighted by molar-refractivity contribution is 0.0553. The number of rotatable bonds is 2. The molecule has 2 atom stereocenters. The van der Waals surface area contributed by atoms with Gasteiger partial charge in [0.05, 0.1) is 31.3 Å². The minimum atomic E-state index is -0.464. The number of hydrogen-bond acceptors (Lipinski definition) is 6. The Morgan fingerprint density at radius 3 is 2.59 bits per heavy atom. The molecule has 0 spiro atoms. The molecular formula is C23H22O6. The molecule has 5 rings (SSSR count). The van der Waals surface area contributed by atoms with Gasteiger partial charge in [0, 0.05) is 11.6 Å². The van der Waals surface area contributed by atoms with E-state index in [1.54, 1.807) is 32.4 Å². The van der Waals surface area contributed by atoms with Gasteiger partial charge in [0.15, 0.2) is 17.3 Å². The Bertz CT molecular complexity index is 1050. The van der Waals surface area contributed by atoms with Crippen LogP contribution in [-0.2, 0) is 0 Å². The molecule has 0 aliphatic carbocycles. The molecule has 0 radical (unpaired) electrons. The summed E-state index contributed by atoms with van der Waals surface area (Å²) in [4.78, 5) is 13.5. The predicted molar refractivity (Wildman–Crippen MR) is 107 cm³/mol. The minimum Gasteiger partial charge on any atom is -0.493 e. The average molecular weight is 394 g/mol. The normalized spacial score (nSPS) is 22.7. The van der Waals surface area contributed by atoms with Crippen LogP contribution in [0.15, 0.2) is 30.3 Å². The van der Waals surface area contributed by atoms with Crippen LogP contribution in [0.1, 0.15) is 41.3 Å². The summed E-state index contributed by atoms with van der Waals surface area (Å²) in [5.74, 6) is 2.56. The number of hydrogen-bond donors (Lipinski definition) is 0. The molecule has 0 aromatic heterocycles. The van der Waals surface area contributed by atoms with Crippen molar-refractivity contribution in [1.82, 2.24) is 0 Å². The molecular weight excluding hydrogens is 372 g/mol. The average Bonchev–Trinajstić information content (AvgIpc) is 2.71. The highest BCUT2D eigenvalue weighted by Crippen LogP contribution is 2.49. The molecule has 6 nitrogen and oxygen atoms in total. The van der Waals surface area contributed by atoms with Crippen LogP contribution in [-0.4, -0.2) is 38.3 Å². The van der Waals surface area contributed by atoms with Crippen LogP contribution >= 0.6 is 0 Å². The Morgan fingerprint density at radius 1 is 1.07 bits per heavy atom. The fraction of sp³-hybridized carbons (Fsp3) is 0.348. The topological polar surface area (TPSA) is 63.2 Å². The molecule has 6 heteroatoms. The van der Waals surface area contributed by atoms with Crippen LogP contribution in [0, 0.1) is 0 Å². The van der Waals surface area contributed by atoms with Crippen LogP contribution in [0.2, 0.25) is 0 Å². The summed E-state index contributed by atoms with van der Waals surface area (Å²) in [6.45, 7) is 4.25. The first-order chi connectivity index (χ1) is 13.9. The third-order valence-electron chi connectivity index (χ3n) is 5.62. The number of carbonyl (C=O) groups is 1. The zero-order valence-corrected chi connectivity index (χ0v) is 16.8. The third kappa shape index (κ3) is 2.66. The summed E-state index contributed by atoms with van der Waals surface area (Å²) in [5, 5.41) is 0. The number of ether oxygens (including phenoxy) is 5. The quantitative estimate of drug-likeness (QED) is 0.767. The van der Waals surface area contributed by atoms with Gasteiger partial charge < -0.3 is 23.7 Å². The molecule has 0 saturated heterocycles. The van der Waals surface area contributed by atoms with E-state index >= 15 is 0 Å². The largest absolute Gasteiger partial charge is 0.493 e. The first kappa shape index (κ1) is 17.9. The molecule has 0 N–H and O–H groups in total. The Morgan fingerprint density at radius 2 is 1.83 bits per heavy atom. The van der Waals surface area contributed by atoms with Crippen molar-refractivity contribution in [2.75, 3.05) is 20.8 Å². The number of Topliss-reactive ketones (excluding diaryl/α,β-unsaturated/α-hetero) is 1. The highest BCUT2D eigenvalue weighted by molar-refractivity contribution is 6.06. The number of methoxy groups -OCH3 is 2. The fourth-order valence-electron chi connectivity index (χ4n) is 4.19. The monoisotopic (exact) mass is 394 g/mol. The lowest BCUT2D eigenvalue weighted by atomic mass is 9.81. The standard InChI is InChI=1S/C23H22O6/c1-23(2)8-7-12-15(29-23)6-5-13-21(24)20-14-9-17(25-3)18(26-4)10-16(14)27-11-19(20)28-22(12)13/h5-10,19-20H,11H2,1-4H3/t19?,20-/m0/s1. The summed E-state index contributed by atoms with van der Waals surface area (Å²) in [6.07, 6.45) is 3.52. The van der Waals surface area contributed by atoms with Crippen LogP contribution in [0.4, 0.5) is 0 Å². The molecule has 0 amide bonds. The molecule has 1 unspecified atom stereocenters. The van der Waals surface area contributed by atoms with Crippen molar-refractivity contribution < 1.29 is 28.5 Å². The molecule has 2 aromatic carbocycles. The number of ketones is 1. The van der Waals surface area contributed by atoms with E-state index in [9.17, 15) is 4.79 Å². The number of carbonyl (C=O) groups excluding carboxylic acids is 1. The third-order valence-corrected chi connectivity index (χ3v) is 5.62. The summed E-state index contributed by atoms with van der Waals surface area (Å²) >= 11 is 0. The van der Waals surface area contributed by atoms with Crippen molar-refractivity contribution in [1.29, 1.82) is 0 Å². The van der Waals surface area contributed by atoms with Gasteiger partial charge in [-0.05, 0) is 44.2 Å². The molecule has 150 valence electrons. The molecule has 3 heterocycles. The number of benzene rings is 2. The number of fused-ring (bicyclic) bond motifs is 6. The van der Waals surface area contributed by atoms with Gasteiger partial charge >= 0.3 is 0 Å². The van der Waals surface area contributed by atoms with Gasteiger partial charge in [0.25, 0.3) is 0 Å². The lowest BCUT2D eigenvalue weighted by Crippen LogP contribution is -2.43. The zero-order chi connectivity index (χ0) is 20.3. The van der Waals surface area contributed by atoms with Gasteiger partial charge in [0.1, 0.15) is 35.6 Å². The van der Waals surface area contributed by atoms with Gasteiger partial charge in [-0.2, -0.15) is 0 Å². The maximum Gasteiger partial charge on any atom is 0.178 e. The molecule has 3 aliphatic rings. The van der Waals surface area contributed by atoms with Gasteiger partial charge in [-0.15, -0.1) is 0 Å². The Balaban J connectivity index is 1.61. The van der Waals surface area contributed by atoms with Crippen LogP contribution in [0.5, 0.6) is 28.7 Å². The van der Waals surface area contributed by atoms with Crippen LogP contribution in [0.25, 0.3) is 6.08 Å². The SMILES string of the molecule is COc1cc2c(cc1OC)[C@@H]1C(=O)c3ccc4c(c3OC1CO2)C=CC(C)(C)O4. The summed E-state index contributed by atoms with van der Waals surface area (Å²) in [6, 6.07) is 7.20. The van der Waals surface area contributed by atoms with E-state index in [2.05, 4.69) is 0 Å². The van der Waals surface area contributed by atoms with E-state index in [-0.39, 0.29) is 12.4 Å². The second kappa shape index (κ2) is 6.17. The van der Waals surface area contributed by atoms with Gasteiger partial charge in [-0.25, -0.2) is 0 Å². The fourth-order valence-corrected chi connectivity index (χ4v) is 4.19. The summed E-state index contributed by atoms with van der Waals surface area (Å²) in [7, 11) is 3.14. The van der Waals surface area contributed by atoms with Crippen molar-refractivity contribution in [2.45, 2.75) is 31.5 Å². The van der Waals surface area contributed by atoms with E-state index in [1.165, 1.54) is 0 Å². The van der Waals surface area contributed by atoms with Crippen molar-refractivity contribution in [2.24, 2.45) is 0 Å². The Labute approximate surface area is 169 Å². The molecule has 29 heavy (non-hydrogen) atoms. The smallest absolute Gasteiger partial charge is 0.178 e. The molecule has 2 aromatic rings. The highest BCUT2D eigenvalue weighted by Gasteiger charge is 2.45. The maximum absolute atomic E-state index is 13.5. The van der Waals surface area contributed by atoms with Crippen molar-refractivity contribution in [3.05, 3.63) is 47.0 Å². The molecule has 0 bridgehead atoms. The minimum absolute atomic E-state index is 0.00838. The summed E-state index contributed by atoms with van der Waals surface area (Å²) in [5.41, 5.74) is 1.71. The Kier molecular flexibility index (Phi) is 3.81. The second-order valence-electron chi connectivity index (χ2n) is 7.95. The van der Waals surface area contributed by atoms with Crippen LogP contribution < -0.4 is 23.7 Å². The van der Waals surface area contributed by atoms with E-state index in [0.29, 0.717) is 34.3 Å². The van der Waals surface area contributed by atoms with Gasteiger partial charge in [-0.1, -0.05) is 0 Å². The lowest BCUT2D eigenvalue weighted by Gasteiger charge is -2.38. The van der Waals surface area contributed by atoms with E-state index < -0.39 is 17.6 Å². The van der Waals surface area contributed by atoms with Gasteiger partial charge in [-0.3, -0.25) is 4.79 Å². The molecule has 0 saturated carbocycles.